The maximum atomic E-state index is 7.26. The van der Waals surface area contributed by atoms with Crippen molar-refractivity contribution in [3.8, 4) is 0 Å². The van der Waals surface area contributed by atoms with Gasteiger partial charge >= 0.3 is 0 Å². The molecule has 2 N–H and O–H groups in total. The summed E-state index contributed by atoms with van der Waals surface area (Å²) in [5, 5.41) is 10.5. The summed E-state index contributed by atoms with van der Waals surface area (Å²) in [6, 6.07) is 0.559. The Morgan fingerprint density at radius 3 is 2.73 bits per heavy atom. The predicted octanol–water partition coefficient (Wildman–Crippen LogP) is 1.66. The normalized spacial score (nSPS) is 38.5. The molecule has 0 spiro atoms. The molecule has 1 aliphatic carbocycles. The summed E-state index contributed by atoms with van der Waals surface area (Å²) in [7, 11) is 2.00. The molecule has 0 saturated heterocycles. The van der Waals surface area contributed by atoms with Crippen molar-refractivity contribution in [2.24, 2.45) is 11.8 Å². The quantitative estimate of drug-likeness (QED) is 0.583. The fourth-order valence-corrected chi connectivity index (χ4v) is 1.97. The van der Waals surface area contributed by atoms with Crippen LogP contribution in [0.15, 0.2) is 0 Å². The first kappa shape index (κ1) is 8.72. The van der Waals surface area contributed by atoms with Crippen LogP contribution >= 0.6 is 0 Å². The second-order valence-electron chi connectivity index (χ2n) is 3.64. The van der Waals surface area contributed by atoms with Gasteiger partial charge in [0, 0.05) is 12.0 Å². The molecule has 0 aliphatic heterocycles. The molecule has 2 heteroatoms. The van der Waals surface area contributed by atoms with Crippen LogP contribution in [0, 0.1) is 17.2 Å². The van der Waals surface area contributed by atoms with Crippen LogP contribution in [-0.2, 0) is 0 Å². The number of rotatable bonds is 2. The van der Waals surface area contributed by atoms with Gasteiger partial charge in [-0.15, -0.1) is 0 Å². The molecule has 1 fully saturated rings. The van der Waals surface area contributed by atoms with Gasteiger partial charge in [0.15, 0.2) is 0 Å². The highest BCUT2D eigenvalue weighted by molar-refractivity contribution is 5.58. The monoisotopic (exact) mass is 154 g/mol. The van der Waals surface area contributed by atoms with Crippen molar-refractivity contribution in [2.45, 2.75) is 32.2 Å². The summed E-state index contributed by atoms with van der Waals surface area (Å²) < 4.78 is 0. The molecule has 0 aromatic rings. The van der Waals surface area contributed by atoms with Crippen molar-refractivity contribution in [1.29, 1.82) is 5.41 Å². The van der Waals surface area contributed by atoms with Gasteiger partial charge in [-0.1, -0.05) is 6.92 Å². The molecular formula is C9H18N2. The minimum Gasteiger partial charge on any atom is -0.316 e. The van der Waals surface area contributed by atoms with Crippen molar-refractivity contribution >= 4 is 6.21 Å². The predicted molar refractivity (Wildman–Crippen MR) is 48.1 cm³/mol. The maximum absolute atomic E-state index is 7.26. The van der Waals surface area contributed by atoms with Gasteiger partial charge in [0.1, 0.15) is 0 Å². The van der Waals surface area contributed by atoms with Crippen LogP contribution in [0.1, 0.15) is 26.2 Å². The van der Waals surface area contributed by atoms with Gasteiger partial charge in [-0.2, -0.15) is 0 Å². The molecular weight excluding hydrogens is 136 g/mol. The third kappa shape index (κ3) is 2.03. The summed E-state index contributed by atoms with van der Waals surface area (Å²) in [5.74, 6) is 1.29. The zero-order chi connectivity index (χ0) is 8.27. The molecule has 0 aromatic carbocycles. The first-order valence-electron chi connectivity index (χ1n) is 4.45. The molecule has 0 amide bonds. The molecule has 3 atom stereocenters. The van der Waals surface area contributed by atoms with E-state index < -0.39 is 0 Å². The van der Waals surface area contributed by atoms with E-state index in [1.54, 1.807) is 6.21 Å². The highest BCUT2D eigenvalue weighted by Gasteiger charge is 2.25. The van der Waals surface area contributed by atoms with Gasteiger partial charge < -0.3 is 10.7 Å². The van der Waals surface area contributed by atoms with Crippen LogP contribution in [0.2, 0.25) is 0 Å². The van der Waals surface area contributed by atoms with Crippen molar-refractivity contribution in [3.05, 3.63) is 0 Å². The SMILES string of the molecule is CN[C@@H]1CC[C@H](C)C[C@H]1C=N. The third-order valence-corrected chi connectivity index (χ3v) is 2.75. The summed E-state index contributed by atoms with van der Waals surface area (Å²) in [5.41, 5.74) is 0. The molecule has 1 saturated carbocycles. The van der Waals surface area contributed by atoms with Crippen LogP contribution in [-0.4, -0.2) is 19.3 Å². The second kappa shape index (κ2) is 3.86. The molecule has 0 bridgehead atoms. The lowest BCUT2D eigenvalue weighted by atomic mass is 9.79. The van der Waals surface area contributed by atoms with Crippen molar-refractivity contribution in [2.75, 3.05) is 7.05 Å². The van der Waals surface area contributed by atoms with E-state index in [-0.39, 0.29) is 0 Å². The summed E-state index contributed by atoms with van der Waals surface area (Å²) in [6.45, 7) is 2.28. The Labute approximate surface area is 68.9 Å². The van der Waals surface area contributed by atoms with Gasteiger partial charge in [0.2, 0.25) is 0 Å². The van der Waals surface area contributed by atoms with E-state index >= 15 is 0 Å². The van der Waals surface area contributed by atoms with Gasteiger partial charge in [-0.05, 0) is 38.4 Å². The van der Waals surface area contributed by atoms with E-state index in [1.165, 1.54) is 19.3 Å². The van der Waals surface area contributed by atoms with Crippen LogP contribution < -0.4 is 5.32 Å². The smallest absolute Gasteiger partial charge is 0.0142 e. The van der Waals surface area contributed by atoms with Crippen molar-refractivity contribution in [3.63, 3.8) is 0 Å². The third-order valence-electron chi connectivity index (χ3n) is 2.75. The zero-order valence-corrected chi connectivity index (χ0v) is 7.43. The molecule has 0 unspecified atom stereocenters. The minimum absolute atomic E-state index is 0.476. The summed E-state index contributed by atoms with van der Waals surface area (Å²) >= 11 is 0. The summed E-state index contributed by atoms with van der Waals surface area (Å²) in [6.07, 6.45) is 5.35. The molecule has 1 aliphatic rings. The second-order valence-corrected chi connectivity index (χ2v) is 3.64. The fourth-order valence-electron chi connectivity index (χ4n) is 1.97. The maximum Gasteiger partial charge on any atom is 0.0142 e. The fraction of sp³-hybridized carbons (Fsp3) is 0.889. The van der Waals surface area contributed by atoms with E-state index in [4.69, 9.17) is 5.41 Å². The Morgan fingerprint density at radius 1 is 1.45 bits per heavy atom. The average molecular weight is 154 g/mol. The lowest BCUT2D eigenvalue weighted by Crippen LogP contribution is -2.38. The van der Waals surface area contributed by atoms with E-state index in [2.05, 4.69) is 12.2 Å². The lowest BCUT2D eigenvalue weighted by molar-refractivity contribution is 0.277. The van der Waals surface area contributed by atoms with Crippen LogP contribution in [0.25, 0.3) is 0 Å². The average Bonchev–Trinajstić information content (AvgIpc) is 2.04. The molecule has 11 heavy (non-hydrogen) atoms. The number of nitrogens with one attached hydrogen (secondary N) is 2. The van der Waals surface area contributed by atoms with Crippen LogP contribution in [0.4, 0.5) is 0 Å². The van der Waals surface area contributed by atoms with E-state index in [1.807, 2.05) is 7.05 Å². The molecule has 1 rings (SSSR count). The van der Waals surface area contributed by atoms with Crippen molar-refractivity contribution < 1.29 is 0 Å². The number of hydrogen-bond donors (Lipinski definition) is 2. The lowest BCUT2D eigenvalue weighted by Gasteiger charge is -2.32. The molecule has 0 radical (unpaired) electrons. The highest BCUT2D eigenvalue weighted by atomic mass is 14.9. The van der Waals surface area contributed by atoms with E-state index in [9.17, 15) is 0 Å². The van der Waals surface area contributed by atoms with Gasteiger partial charge in [-0.25, -0.2) is 0 Å². The standard InChI is InChI=1S/C9H18N2/c1-7-3-4-9(11-2)8(5-7)6-10/h6-11H,3-5H2,1-2H3/t7-,8-,9+/m0/s1. The molecule has 2 nitrogen and oxygen atoms in total. The Balaban J connectivity index is 2.47. The minimum atomic E-state index is 0.476. The van der Waals surface area contributed by atoms with Crippen LogP contribution in [0.5, 0.6) is 0 Å². The van der Waals surface area contributed by atoms with E-state index in [0.29, 0.717) is 12.0 Å². The zero-order valence-electron chi connectivity index (χ0n) is 7.43. The van der Waals surface area contributed by atoms with Crippen molar-refractivity contribution in [1.82, 2.24) is 5.32 Å². The van der Waals surface area contributed by atoms with Gasteiger partial charge in [0.25, 0.3) is 0 Å². The van der Waals surface area contributed by atoms with Gasteiger partial charge in [0.05, 0.1) is 0 Å². The van der Waals surface area contributed by atoms with Gasteiger partial charge in [-0.3, -0.25) is 0 Å². The largest absolute Gasteiger partial charge is 0.316 e. The Bertz CT molecular complexity index is 134. The van der Waals surface area contributed by atoms with E-state index in [0.717, 1.165) is 5.92 Å². The highest BCUT2D eigenvalue weighted by Crippen LogP contribution is 2.27. The molecule has 0 heterocycles. The Hall–Kier alpha value is -0.370. The molecule has 64 valence electrons. The molecule has 0 aromatic heterocycles. The van der Waals surface area contributed by atoms with Crippen LogP contribution in [0.3, 0.4) is 0 Å². The summed E-state index contributed by atoms with van der Waals surface area (Å²) in [4.78, 5) is 0. The topological polar surface area (TPSA) is 35.9 Å². The Morgan fingerprint density at radius 2 is 2.18 bits per heavy atom. The number of hydrogen-bond acceptors (Lipinski definition) is 2. The first-order chi connectivity index (χ1) is 5.27. The first-order valence-corrected chi connectivity index (χ1v) is 4.45. The Kier molecular flexibility index (Phi) is 3.06.